The van der Waals surface area contributed by atoms with Gasteiger partial charge in [0.2, 0.25) is 59.1 Å². The number of hydrogen-bond acceptors (Lipinski definition) is 15. The molecule has 0 bridgehead atoms. The second kappa shape index (κ2) is 32.1. The van der Waals surface area contributed by atoms with Crippen LogP contribution in [0.4, 0.5) is 0 Å². The van der Waals surface area contributed by atoms with Crippen molar-refractivity contribution in [1.29, 1.82) is 0 Å². The zero-order valence-corrected chi connectivity index (χ0v) is 42.4. The fourth-order valence-corrected chi connectivity index (χ4v) is 7.82. The van der Waals surface area contributed by atoms with Crippen molar-refractivity contribution in [3.63, 3.8) is 0 Å². The minimum absolute atomic E-state index is 0.0472. The molecule has 74 heavy (non-hydrogen) atoms. The summed E-state index contributed by atoms with van der Waals surface area (Å²) in [5.41, 5.74) is 22.9. The van der Waals surface area contributed by atoms with Gasteiger partial charge in [-0.15, -0.1) is 0 Å². The molecule has 1 aromatic rings. The quantitative estimate of drug-likeness (QED) is 0.0288. The summed E-state index contributed by atoms with van der Waals surface area (Å²) in [4.78, 5) is 164. The van der Waals surface area contributed by atoms with Gasteiger partial charge in [0.25, 0.3) is 0 Å². The molecule has 0 spiro atoms. The Bertz CT molecular complexity index is 2110. The van der Waals surface area contributed by atoms with E-state index in [4.69, 9.17) is 28.0 Å². The minimum atomic E-state index is -1.65. The highest BCUT2D eigenvalue weighted by Gasteiger charge is 2.40. The van der Waals surface area contributed by atoms with Crippen LogP contribution in [0.1, 0.15) is 117 Å². The summed E-state index contributed by atoms with van der Waals surface area (Å²) >= 11 is 0. The first-order chi connectivity index (χ1) is 34.9. The van der Waals surface area contributed by atoms with Gasteiger partial charge in [-0.25, -0.2) is 9.78 Å². The molecule has 1 fully saturated rings. The van der Waals surface area contributed by atoms with Crippen molar-refractivity contribution in [2.24, 2.45) is 34.8 Å². The molecule has 28 heteroatoms. The van der Waals surface area contributed by atoms with E-state index in [9.17, 15) is 62.6 Å². The predicted octanol–water partition coefficient (Wildman–Crippen LogP) is -4.00. The van der Waals surface area contributed by atoms with Gasteiger partial charge >= 0.3 is 11.9 Å². The number of hydrogen-bond donors (Lipinski definition) is 14. The molecule has 9 atom stereocenters. The topological polar surface area (TPSA) is 466 Å². The van der Waals surface area contributed by atoms with Gasteiger partial charge in [-0.2, -0.15) is 0 Å². The first kappa shape index (κ1) is 62.9. The number of imidazole rings is 1. The third kappa shape index (κ3) is 22.3. The van der Waals surface area contributed by atoms with Crippen LogP contribution in [0, 0.1) is 11.8 Å². The maximum absolute atomic E-state index is 14.1. The maximum atomic E-state index is 14.1. The number of rotatable bonds is 35. The van der Waals surface area contributed by atoms with Crippen molar-refractivity contribution in [2.75, 3.05) is 19.6 Å². The number of nitrogens with two attached hydrogens (primary N) is 4. The van der Waals surface area contributed by atoms with E-state index >= 15 is 0 Å². The Labute approximate surface area is 428 Å². The van der Waals surface area contributed by atoms with Crippen molar-refractivity contribution in [1.82, 2.24) is 52.1 Å². The summed E-state index contributed by atoms with van der Waals surface area (Å²) in [6.07, 6.45) is 2.21. The number of aromatic nitrogens is 2. The number of nitrogens with zero attached hydrogens (tertiary/aromatic N) is 2. The van der Waals surface area contributed by atoms with Crippen LogP contribution >= 0.6 is 0 Å². The summed E-state index contributed by atoms with van der Waals surface area (Å²) in [5, 5.41) is 36.0. The predicted molar refractivity (Wildman–Crippen MR) is 263 cm³/mol. The second-order valence-corrected chi connectivity index (χ2v) is 18.7. The molecule has 414 valence electrons. The zero-order chi connectivity index (χ0) is 55.7. The maximum Gasteiger partial charge on any atom is 0.326 e. The second-order valence-electron chi connectivity index (χ2n) is 18.7. The first-order valence-corrected chi connectivity index (χ1v) is 24.7. The molecular weight excluding hydrogens is 973 g/mol. The number of carbonyl (C=O) groups is 12. The van der Waals surface area contributed by atoms with Crippen LogP contribution in [0.25, 0.3) is 0 Å². The Morgan fingerprint density at radius 1 is 0.716 bits per heavy atom. The van der Waals surface area contributed by atoms with Crippen LogP contribution in [0.2, 0.25) is 0 Å². The Morgan fingerprint density at radius 2 is 1.27 bits per heavy atom. The highest BCUT2D eigenvalue weighted by atomic mass is 16.4. The van der Waals surface area contributed by atoms with Gasteiger partial charge in [0.05, 0.1) is 18.9 Å². The SMILES string of the molecule is CC[C@H](C)[C@H](N)C(=O)N[C@@H](CCCCN)C(=O)N[C@@H](Cc1cnc[nH]1)C(=O)N[C@@H](CCC(N)=O)C(=O)NCC(=O)N[C@@H](CC(C)C)C(=O)N1CCC[C@H]1C(=O)N[C@@H](CCC(N)=O)C(=O)N[C@@H](CCC(=O)O)C(=O)O. The number of amides is 10. The molecule has 0 radical (unpaired) electrons. The van der Waals surface area contributed by atoms with E-state index in [2.05, 4.69) is 47.2 Å². The summed E-state index contributed by atoms with van der Waals surface area (Å²) in [6.45, 7) is 6.80. The van der Waals surface area contributed by atoms with Crippen LogP contribution in [0.15, 0.2) is 12.5 Å². The van der Waals surface area contributed by atoms with Gasteiger partial charge in [-0.3, -0.25) is 52.7 Å². The molecule has 18 N–H and O–H groups in total. The fraction of sp³-hybridized carbons (Fsp3) is 0.674. The molecule has 2 heterocycles. The zero-order valence-electron chi connectivity index (χ0n) is 42.4. The number of unbranched alkanes of at least 4 members (excludes halogenated alkanes) is 1. The Kier molecular flexibility index (Phi) is 27.2. The monoisotopic (exact) mass is 1050 g/mol. The molecule has 0 unspecified atom stereocenters. The lowest BCUT2D eigenvalue weighted by Crippen LogP contribution is -2.59. The Balaban J connectivity index is 2.28. The van der Waals surface area contributed by atoms with Gasteiger partial charge in [0.15, 0.2) is 0 Å². The number of H-pyrrole nitrogens is 1. The standard InChI is InChI=1S/C46H76N14O14/c1-5-25(4)38(50)44(71)57-27(9-6-7-17-47)40(67)59-31(20-26-21-51-23-53-26)42(69)55-28(11-14-34(48)61)39(66)52-22-36(63)54-32(19-24(2)3)45(72)60-18-8-10-33(60)43(70)56-29(12-15-35(49)62)41(68)58-30(46(73)74)13-16-37(64)65/h21,23-25,27-33,38H,5-20,22,47,50H2,1-4H3,(H2,48,61)(H2,49,62)(H,51,53)(H,52,66)(H,54,63)(H,55,69)(H,56,70)(H,57,71)(H,58,68)(H,59,67)(H,64,65)(H,73,74)/t25-,27-,28-,29-,30-,31-,32-,33-,38-/m0/s1. The fourth-order valence-electron chi connectivity index (χ4n) is 7.82. The molecule has 0 saturated carbocycles. The van der Waals surface area contributed by atoms with Gasteiger partial charge in [-0.05, 0) is 76.2 Å². The number of aromatic amines is 1. The number of carbonyl (C=O) groups excluding carboxylic acids is 10. The number of primary amides is 2. The number of likely N-dealkylation sites (tertiary alicyclic amines) is 1. The van der Waals surface area contributed by atoms with Gasteiger partial charge < -0.3 is 80.2 Å². The Hall–Kier alpha value is -7.23. The smallest absolute Gasteiger partial charge is 0.326 e. The van der Waals surface area contributed by atoms with E-state index in [0.717, 1.165) is 0 Å². The molecule has 0 aliphatic carbocycles. The van der Waals surface area contributed by atoms with Crippen LogP contribution in [0.5, 0.6) is 0 Å². The molecule has 28 nitrogen and oxygen atoms in total. The molecule has 1 aliphatic rings. The van der Waals surface area contributed by atoms with Gasteiger partial charge in [0, 0.05) is 44.1 Å². The van der Waals surface area contributed by atoms with Crippen molar-refractivity contribution in [3.05, 3.63) is 18.2 Å². The normalized spacial score (nSPS) is 16.4. The number of nitrogens with one attached hydrogen (secondary N) is 8. The molecule has 1 saturated heterocycles. The average molecular weight is 1050 g/mol. The van der Waals surface area contributed by atoms with E-state index in [1.807, 2.05) is 6.92 Å². The Morgan fingerprint density at radius 3 is 1.81 bits per heavy atom. The molecule has 10 amide bonds. The number of carboxylic acid groups (broad SMARTS) is 2. The summed E-state index contributed by atoms with van der Waals surface area (Å²) < 4.78 is 0. The van der Waals surface area contributed by atoms with E-state index < -0.39 is 152 Å². The molecule has 2 rings (SSSR count). The molecule has 1 aromatic heterocycles. The van der Waals surface area contributed by atoms with Crippen molar-refractivity contribution in [3.8, 4) is 0 Å². The third-order valence-electron chi connectivity index (χ3n) is 12.2. The molecule has 0 aromatic carbocycles. The van der Waals surface area contributed by atoms with Crippen LogP contribution in [-0.4, -0.2) is 164 Å². The molecule has 1 aliphatic heterocycles. The largest absolute Gasteiger partial charge is 0.481 e. The van der Waals surface area contributed by atoms with Gasteiger partial charge in [-0.1, -0.05) is 34.1 Å². The van der Waals surface area contributed by atoms with E-state index in [1.165, 1.54) is 17.4 Å². The van der Waals surface area contributed by atoms with E-state index in [-0.39, 0.29) is 56.9 Å². The number of aliphatic carboxylic acids is 2. The van der Waals surface area contributed by atoms with Gasteiger partial charge in [0.1, 0.15) is 42.3 Å². The van der Waals surface area contributed by atoms with Crippen LogP contribution < -0.4 is 60.2 Å². The molecular formula is C46H76N14O14. The number of carboxylic acids is 2. The van der Waals surface area contributed by atoms with E-state index in [0.29, 0.717) is 37.9 Å². The highest BCUT2D eigenvalue weighted by molar-refractivity contribution is 5.98. The van der Waals surface area contributed by atoms with Crippen LogP contribution in [-0.2, 0) is 64.0 Å². The van der Waals surface area contributed by atoms with Crippen molar-refractivity contribution >= 4 is 71.0 Å². The lowest BCUT2D eigenvalue weighted by molar-refractivity contribution is -0.144. The summed E-state index contributed by atoms with van der Waals surface area (Å²) in [6, 6.07) is -10.5. The average Bonchev–Trinajstić information content (AvgIpc) is 4.06. The lowest BCUT2D eigenvalue weighted by Gasteiger charge is -2.30. The van der Waals surface area contributed by atoms with Crippen molar-refractivity contribution in [2.45, 2.75) is 166 Å². The lowest BCUT2D eigenvalue weighted by atomic mass is 9.98. The first-order valence-electron chi connectivity index (χ1n) is 24.7. The van der Waals surface area contributed by atoms with Crippen molar-refractivity contribution < 1.29 is 67.7 Å². The summed E-state index contributed by atoms with van der Waals surface area (Å²) in [7, 11) is 0. The van der Waals surface area contributed by atoms with E-state index in [1.54, 1.807) is 20.8 Å². The van der Waals surface area contributed by atoms with Crippen LogP contribution in [0.3, 0.4) is 0 Å². The highest BCUT2D eigenvalue weighted by Crippen LogP contribution is 2.21. The minimum Gasteiger partial charge on any atom is -0.481 e. The summed E-state index contributed by atoms with van der Waals surface area (Å²) in [5.74, 6) is -11.5. The third-order valence-corrected chi connectivity index (χ3v) is 12.2.